The third kappa shape index (κ3) is 3.38. The number of benzene rings is 2. The lowest BCUT2D eigenvalue weighted by atomic mass is 9.94. The molecule has 0 radical (unpaired) electrons. The fourth-order valence-corrected chi connectivity index (χ4v) is 2.48. The third-order valence-corrected chi connectivity index (χ3v) is 3.61. The smallest absolute Gasteiger partial charge is 0.129 e. The van der Waals surface area contributed by atoms with Crippen molar-refractivity contribution < 1.29 is 4.39 Å². The van der Waals surface area contributed by atoms with Gasteiger partial charge < -0.3 is 5.32 Å². The van der Waals surface area contributed by atoms with Crippen molar-refractivity contribution in [2.45, 2.75) is 26.3 Å². The molecule has 0 aliphatic carbocycles. The summed E-state index contributed by atoms with van der Waals surface area (Å²) >= 11 is 5.84. The van der Waals surface area contributed by atoms with Gasteiger partial charge in [-0.25, -0.2) is 4.39 Å². The summed E-state index contributed by atoms with van der Waals surface area (Å²) in [6, 6.07) is 12.8. The van der Waals surface area contributed by atoms with Gasteiger partial charge in [-0.3, -0.25) is 0 Å². The van der Waals surface area contributed by atoms with Gasteiger partial charge in [0.05, 0.1) is 6.04 Å². The number of rotatable bonds is 5. The van der Waals surface area contributed by atoms with E-state index in [1.807, 2.05) is 31.2 Å². The average molecular weight is 292 g/mol. The van der Waals surface area contributed by atoms with Crippen molar-refractivity contribution in [2.75, 3.05) is 6.54 Å². The lowest BCUT2D eigenvalue weighted by Gasteiger charge is -2.22. The van der Waals surface area contributed by atoms with E-state index >= 15 is 0 Å². The Morgan fingerprint density at radius 1 is 1.15 bits per heavy atom. The van der Waals surface area contributed by atoms with E-state index < -0.39 is 0 Å². The van der Waals surface area contributed by atoms with Crippen LogP contribution in [-0.2, 0) is 0 Å². The predicted molar refractivity (Wildman–Crippen MR) is 82.7 cm³/mol. The Balaban J connectivity index is 2.44. The van der Waals surface area contributed by atoms with Crippen LogP contribution in [0.15, 0.2) is 42.5 Å². The van der Waals surface area contributed by atoms with Gasteiger partial charge in [0.25, 0.3) is 0 Å². The van der Waals surface area contributed by atoms with E-state index in [2.05, 4.69) is 12.2 Å². The van der Waals surface area contributed by atoms with E-state index in [9.17, 15) is 4.39 Å². The Hall–Kier alpha value is -1.38. The first-order chi connectivity index (χ1) is 9.63. The van der Waals surface area contributed by atoms with Gasteiger partial charge in [0.2, 0.25) is 0 Å². The summed E-state index contributed by atoms with van der Waals surface area (Å²) in [5.41, 5.74) is 2.88. The summed E-state index contributed by atoms with van der Waals surface area (Å²) in [6.45, 7) is 4.98. The number of aryl methyl sites for hydroxylation is 1. The molecule has 1 unspecified atom stereocenters. The van der Waals surface area contributed by atoms with Crippen molar-refractivity contribution in [3.05, 3.63) is 70.0 Å². The van der Waals surface area contributed by atoms with Crippen LogP contribution in [0.3, 0.4) is 0 Å². The minimum Gasteiger partial charge on any atom is -0.306 e. The van der Waals surface area contributed by atoms with Crippen LogP contribution in [0.4, 0.5) is 4.39 Å². The van der Waals surface area contributed by atoms with Gasteiger partial charge in [0.15, 0.2) is 0 Å². The van der Waals surface area contributed by atoms with Crippen LogP contribution in [0.1, 0.15) is 36.1 Å². The molecule has 1 atom stereocenters. The molecule has 0 bridgehead atoms. The zero-order valence-corrected chi connectivity index (χ0v) is 12.5. The molecule has 2 aromatic carbocycles. The Labute approximate surface area is 124 Å². The maximum Gasteiger partial charge on any atom is 0.129 e. The van der Waals surface area contributed by atoms with Crippen molar-refractivity contribution in [3.8, 4) is 0 Å². The van der Waals surface area contributed by atoms with E-state index in [1.165, 1.54) is 6.07 Å². The van der Waals surface area contributed by atoms with E-state index in [4.69, 9.17) is 11.6 Å². The highest BCUT2D eigenvalue weighted by molar-refractivity contribution is 6.30. The SMILES string of the molecule is CCCNC(c1ccccc1C)c1ccc(Cl)cc1F. The maximum atomic E-state index is 14.2. The van der Waals surface area contributed by atoms with Gasteiger partial charge in [0, 0.05) is 10.6 Å². The van der Waals surface area contributed by atoms with Crippen LogP contribution in [0, 0.1) is 12.7 Å². The highest BCUT2D eigenvalue weighted by Gasteiger charge is 2.18. The summed E-state index contributed by atoms with van der Waals surface area (Å²) in [4.78, 5) is 0. The minimum absolute atomic E-state index is 0.145. The Morgan fingerprint density at radius 2 is 1.90 bits per heavy atom. The van der Waals surface area contributed by atoms with Crippen molar-refractivity contribution in [3.63, 3.8) is 0 Å². The first-order valence-electron chi connectivity index (χ1n) is 6.87. The fourth-order valence-electron chi connectivity index (χ4n) is 2.32. The molecule has 0 saturated heterocycles. The Morgan fingerprint density at radius 3 is 2.55 bits per heavy atom. The van der Waals surface area contributed by atoms with Crippen molar-refractivity contribution in [1.29, 1.82) is 0 Å². The van der Waals surface area contributed by atoms with Crippen LogP contribution in [0.5, 0.6) is 0 Å². The van der Waals surface area contributed by atoms with Gasteiger partial charge in [0.1, 0.15) is 5.82 Å². The number of hydrogen-bond acceptors (Lipinski definition) is 1. The molecule has 2 aromatic rings. The summed E-state index contributed by atoms with van der Waals surface area (Å²) in [5.74, 6) is -0.269. The Bertz CT molecular complexity index is 583. The molecule has 2 rings (SSSR count). The van der Waals surface area contributed by atoms with E-state index in [-0.39, 0.29) is 11.9 Å². The summed E-state index contributed by atoms with van der Waals surface area (Å²) < 4.78 is 14.2. The third-order valence-electron chi connectivity index (χ3n) is 3.37. The Kier molecular flexibility index (Phi) is 5.16. The van der Waals surface area contributed by atoms with Crippen molar-refractivity contribution >= 4 is 11.6 Å². The van der Waals surface area contributed by atoms with Crippen LogP contribution in [0.2, 0.25) is 5.02 Å². The monoisotopic (exact) mass is 291 g/mol. The molecular weight excluding hydrogens is 273 g/mol. The van der Waals surface area contributed by atoms with Gasteiger partial charge in [-0.2, -0.15) is 0 Å². The zero-order chi connectivity index (χ0) is 14.5. The standard InChI is InChI=1S/C17H19ClFN/c1-3-10-20-17(14-7-5-4-6-12(14)2)15-9-8-13(18)11-16(15)19/h4-9,11,17,20H,3,10H2,1-2H3. The van der Waals surface area contributed by atoms with Gasteiger partial charge in [-0.05, 0) is 43.1 Å². The largest absolute Gasteiger partial charge is 0.306 e. The predicted octanol–water partition coefficient (Wildman–Crippen LogP) is 4.88. The molecule has 0 aromatic heterocycles. The molecule has 1 nitrogen and oxygen atoms in total. The second kappa shape index (κ2) is 6.87. The molecule has 1 N–H and O–H groups in total. The topological polar surface area (TPSA) is 12.0 Å². The molecule has 0 spiro atoms. The lowest BCUT2D eigenvalue weighted by Crippen LogP contribution is -2.24. The van der Waals surface area contributed by atoms with Gasteiger partial charge in [-0.1, -0.05) is 48.9 Å². The van der Waals surface area contributed by atoms with Crippen LogP contribution >= 0.6 is 11.6 Å². The average Bonchev–Trinajstić information content (AvgIpc) is 2.42. The summed E-state index contributed by atoms with van der Waals surface area (Å²) in [7, 11) is 0. The number of halogens is 2. The molecular formula is C17H19ClFN. The van der Waals surface area contributed by atoms with E-state index in [1.54, 1.807) is 12.1 Å². The maximum absolute atomic E-state index is 14.2. The molecule has 0 aliphatic rings. The van der Waals surface area contributed by atoms with Crippen LogP contribution < -0.4 is 5.32 Å². The molecule has 0 fully saturated rings. The number of nitrogens with one attached hydrogen (secondary N) is 1. The van der Waals surface area contributed by atoms with Crippen molar-refractivity contribution in [2.24, 2.45) is 0 Å². The molecule has 106 valence electrons. The van der Waals surface area contributed by atoms with Crippen LogP contribution in [0.25, 0.3) is 0 Å². The van der Waals surface area contributed by atoms with E-state index in [0.29, 0.717) is 10.6 Å². The summed E-state index contributed by atoms with van der Waals surface area (Å²) in [5, 5.41) is 3.84. The normalized spacial score (nSPS) is 12.4. The zero-order valence-electron chi connectivity index (χ0n) is 11.8. The van der Waals surface area contributed by atoms with Crippen LogP contribution in [-0.4, -0.2) is 6.54 Å². The molecule has 0 amide bonds. The number of hydrogen-bond donors (Lipinski definition) is 1. The van der Waals surface area contributed by atoms with Gasteiger partial charge >= 0.3 is 0 Å². The summed E-state index contributed by atoms with van der Waals surface area (Å²) in [6.07, 6.45) is 0.998. The molecule has 3 heteroatoms. The first-order valence-corrected chi connectivity index (χ1v) is 7.25. The first kappa shape index (κ1) is 15.0. The molecule has 0 aliphatic heterocycles. The molecule has 0 saturated carbocycles. The quantitative estimate of drug-likeness (QED) is 0.828. The second-order valence-electron chi connectivity index (χ2n) is 4.91. The lowest BCUT2D eigenvalue weighted by molar-refractivity contribution is 0.545. The fraction of sp³-hybridized carbons (Fsp3) is 0.294. The van der Waals surface area contributed by atoms with Crippen molar-refractivity contribution in [1.82, 2.24) is 5.32 Å². The second-order valence-corrected chi connectivity index (χ2v) is 5.35. The molecule has 0 heterocycles. The van der Waals surface area contributed by atoms with E-state index in [0.717, 1.165) is 24.1 Å². The highest BCUT2D eigenvalue weighted by atomic mass is 35.5. The van der Waals surface area contributed by atoms with Gasteiger partial charge in [-0.15, -0.1) is 0 Å². The highest BCUT2D eigenvalue weighted by Crippen LogP contribution is 2.28. The minimum atomic E-state index is -0.269. The molecule has 20 heavy (non-hydrogen) atoms.